The highest BCUT2D eigenvalue weighted by Crippen LogP contribution is 2.57. The van der Waals surface area contributed by atoms with E-state index in [-0.39, 0.29) is 36.2 Å². The second-order valence-corrected chi connectivity index (χ2v) is 6.87. The van der Waals surface area contributed by atoms with E-state index in [2.05, 4.69) is 10.9 Å². The summed E-state index contributed by atoms with van der Waals surface area (Å²) in [6.07, 6.45) is 6.54. The second kappa shape index (κ2) is 8.26. The molecule has 1 aliphatic carbocycles. The van der Waals surface area contributed by atoms with Crippen LogP contribution in [0.4, 0.5) is 27.6 Å². The van der Waals surface area contributed by atoms with E-state index >= 15 is 0 Å². The summed E-state index contributed by atoms with van der Waals surface area (Å²) >= 11 is 0. The van der Waals surface area contributed by atoms with Crippen LogP contribution in [-0.2, 0) is 4.79 Å². The zero-order chi connectivity index (χ0) is 21.1. The van der Waals surface area contributed by atoms with Gasteiger partial charge in [0.05, 0.1) is 0 Å². The molecule has 2 nitrogen and oxygen atoms in total. The average molecular weight is 397 g/mol. The van der Waals surface area contributed by atoms with Gasteiger partial charge in [-0.2, -0.15) is 0 Å². The highest BCUT2D eigenvalue weighted by Gasteiger charge is 2.68. The normalized spacial score (nSPS) is 24.1. The van der Waals surface area contributed by atoms with Crippen molar-refractivity contribution in [3.63, 3.8) is 0 Å². The van der Waals surface area contributed by atoms with E-state index in [1.807, 2.05) is 0 Å². The molecule has 0 bridgehead atoms. The molecular weight excluding hydrogens is 377 g/mol. The first kappa shape index (κ1) is 21.8. The number of ketones is 1. The summed E-state index contributed by atoms with van der Waals surface area (Å²) < 4.78 is 68.0. The lowest BCUT2D eigenvalue weighted by Gasteiger charge is -2.49. The van der Waals surface area contributed by atoms with Crippen LogP contribution in [0.25, 0.3) is 0 Å². The van der Waals surface area contributed by atoms with E-state index < -0.39 is 41.3 Å². The minimum Gasteiger partial charge on any atom is -0.299 e. The van der Waals surface area contributed by atoms with E-state index in [0.717, 1.165) is 6.07 Å². The Kier molecular flexibility index (Phi) is 6.43. The number of halogens is 5. The first-order chi connectivity index (χ1) is 13.0. The zero-order valence-electron chi connectivity index (χ0n) is 15.5. The standard InChI is InChI=1S/C21H20F5NO/c1-4-16(27-19-13(3)9-15(22)11-18(19)23)7-6-8-17(28)10-14-12-21(25,26)20(14,24)5-2/h1,6-7,9,11,14H,5,8,10,12H2,2-3H3/b7-6+,27-16?. The van der Waals surface area contributed by atoms with Crippen molar-refractivity contribution >= 4 is 17.2 Å². The Morgan fingerprint density at radius 1 is 1.36 bits per heavy atom. The molecule has 0 aliphatic heterocycles. The number of rotatable bonds is 7. The van der Waals surface area contributed by atoms with Gasteiger partial charge in [-0.3, -0.25) is 4.79 Å². The van der Waals surface area contributed by atoms with Gasteiger partial charge in [0.2, 0.25) is 0 Å². The molecule has 0 spiro atoms. The van der Waals surface area contributed by atoms with E-state index in [1.165, 1.54) is 26.0 Å². The molecule has 7 heteroatoms. The maximum Gasteiger partial charge on any atom is 0.282 e. The van der Waals surface area contributed by atoms with Crippen molar-refractivity contribution < 1.29 is 26.7 Å². The van der Waals surface area contributed by atoms with Crippen molar-refractivity contribution in [2.45, 2.75) is 51.1 Å². The van der Waals surface area contributed by atoms with Crippen LogP contribution in [0.3, 0.4) is 0 Å². The Hall–Kier alpha value is -2.49. The fourth-order valence-electron chi connectivity index (χ4n) is 3.32. The SMILES string of the molecule is C#CC(/C=C/CC(=O)CC1CC(F)(F)C1(F)CC)=Nc1c(C)cc(F)cc1F. The summed E-state index contributed by atoms with van der Waals surface area (Å²) in [5, 5.41) is 0. The average Bonchev–Trinajstić information content (AvgIpc) is 2.61. The van der Waals surface area contributed by atoms with Crippen LogP contribution < -0.4 is 0 Å². The minimum atomic E-state index is -3.40. The third-order valence-electron chi connectivity index (χ3n) is 4.97. The Bertz CT molecular complexity index is 845. The lowest BCUT2D eigenvalue weighted by Crippen LogP contribution is -2.61. The number of Topliss-reactive ketones (excluding diaryl/α,β-unsaturated/α-hetero) is 1. The summed E-state index contributed by atoms with van der Waals surface area (Å²) in [6, 6.07) is 1.78. The number of aryl methyl sites for hydroxylation is 1. The van der Waals surface area contributed by atoms with Crippen molar-refractivity contribution in [2.24, 2.45) is 10.9 Å². The van der Waals surface area contributed by atoms with Crippen molar-refractivity contribution in [2.75, 3.05) is 0 Å². The Balaban J connectivity index is 2.02. The van der Waals surface area contributed by atoms with Crippen molar-refractivity contribution in [3.05, 3.63) is 41.5 Å². The van der Waals surface area contributed by atoms with Gasteiger partial charge in [-0.05, 0) is 31.1 Å². The molecule has 0 aromatic heterocycles. The smallest absolute Gasteiger partial charge is 0.282 e. The Morgan fingerprint density at radius 2 is 2.04 bits per heavy atom. The quantitative estimate of drug-likeness (QED) is 0.332. The summed E-state index contributed by atoms with van der Waals surface area (Å²) in [5.74, 6) is -4.21. The molecule has 2 unspecified atom stereocenters. The van der Waals surface area contributed by atoms with Gasteiger partial charge in [0.15, 0.2) is 11.5 Å². The summed E-state index contributed by atoms with van der Waals surface area (Å²) in [4.78, 5) is 15.9. The van der Waals surface area contributed by atoms with Crippen molar-refractivity contribution in [3.8, 4) is 12.3 Å². The van der Waals surface area contributed by atoms with Gasteiger partial charge >= 0.3 is 0 Å². The molecule has 2 rings (SSSR count). The van der Waals surface area contributed by atoms with Crippen LogP contribution >= 0.6 is 0 Å². The third kappa shape index (κ3) is 4.32. The lowest BCUT2D eigenvalue weighted by molar-refractivity contribution is -0.252. The van der Waals surface area contributed by atoms with Gasteiger partial charge in [-0.1, -0.05) is 18.9 Å². The van der Waals surface area contributed by atoms with E-state index in [4.69, 9.17) is 6.42 Å². The highest BCUT2D eigenvalue weighted by molar-refractivity contribution is 6.09. The molecule has 0 saturated heterocycles. The van der Waals surface area contributed by atoms with Gasteiger partial charge in [-0.25, -0.2) is 26.9 Å². The maximum atomic E-state index is 14.3. The predicted molar refractivity (Wildman–Crippen MR) is 97.6 cm³/mol. The number of allylic oxidation sites excluding steroid dienone is 2. The van der Waals surface area contributed by atoms with Gasteiger partial charge in [0.1, 0.15) is 23.0 Å². The van der Waals surface area contributed by atoms with Crippen molar-refractivity contribution in [1.82, 2.24) is 0 Å². The van der Waals surface area contributed by atoms with Crippen LogP contribution in [0.15, 0.2) is 29.3 Å². The molecule has 28 heavy (non-hydrogen) atoms. The number of hydrogen-bond donors (Lipinski definition) is 0. The molecule has 0 N–H and O–H groups in total. The number of alkyl halides is 3. The first-order valence-electron chi connectivity index (χ1n) is 8.80. The molecule has 150 valence electrons. The monoisotopic (exact) mass is 397 g/mol. The molecule has 0 heterocycles. The fraction of sp³-hybridized carbons (Fsp3) is 0.429. The minimum absolute atomic E-state index is 0.00461. The summed E-state index contributed by atoms with van der Waals surface area (Å²) in [6.45, 7) is 2.80. The summed E-state index contributed by atoms with van der Waals surface area (Å²) in [5.41, 5.74) is -2.51. The van der Waals surface area contributed by atoms with Gasteiger partial charge < -0.3 is 0 Å². The van der Waals surface area contributed by atoms with Gasteiger partial charge in [0, 0.05) is 31.2 Å². The van der Waals surface area contributed by atoms with Crippen LogP contribution in [-0.4, -0.2) is 23.1 Å². The van der Waals surface area contributed by atoms with Crippen LogP contribution in [0, 0.1) is 36.8 Å². The molecule has 0 radical (unpaired) electrons. The zero-order valence-corrected chi connectivity index (χ0v) is 15.5. The largest absolute Gasteiger partial charge is 0.299 e. The van der Waals surface area contributed by atoms with E-state index in [9.17, 15) is 26.7 Å². The van der Waals surface area contributed by atoms with Crippen LogP contribution in [0.1, 0.15) is 38.2 Å². The Labute approximate surface area is 160 Å². The lowest BCUT2D eigenvalue weighted by atomic mass is 9.64. The number of aliphatic imine (C=N–C) groups is 1. The molecule has 0 amide bonds. The molecule has 1 aliphatic rings. The van der Waals surface area contributed by atoms with E-state index in [0.29, 0.717) is 6.07 Å². The van der Waals surface area contributed by atoms with Crippen LogP contribution in [0.2, 0.25) is 0 Å². The molecule has 1 fully saturated rings. The van der Waals surface area contributed by atoms with Gasteiger partial charge in [0.25, 0.3) is 5.92 Å². The van der Waals surface area contributed by atoms with E-state index in [1.54, 1.807) is 0 Å². The number of hydrogen-bond acceptors (Lipinski definition) is 2. The second-order valence-electron chi connectivity index (χ2n) is 6.87. The predicted octanol–water partition coefficient (Wildman–Crippen LogP) is 5.66. The number of carbonyl (C=O) groups is 1. The molecule has 2 atom stereocenters. The number of benzene rings is 1. The molecular formula is C21H20F5NO. The third-order valence-corrected chi connectivity index (χ3v) is 4.97. The summed E-state index contributed by atoms with van der Waals surface area (Å²) in [7, 11) is 0. The number of carbonyl (C=O) groups excluding carboxylic acids is 1. The van der Waals surface area contributed by atoms with Crippen LogP contribution in [0.5, 0.6) is 0 Å². The first-order valence-corrected chi connectivity index (χ1v) is 8.80. The maximum absolute atomic E-state index is 14.3. The number of nitrogens with zero attached hydrogens (tertiary/aromatic N) is 1. The molecule has 1 saturated carbocycles. The van der Waals surface area contributed by atoms with Gasteiger partial charge in [-0.15, -0.1) is 6.42 Å². The Morgan fingerprint density at radius 3 is 2.57 bits per heavy atom. The molecule has 1 aromatic carbocycles. The fourth-order valence-corrected chi connectivity index (χ4v) is 3.32. The topological polar surface area (TPSA) is 29.4 Å². The van der Waals surface area contributed by atoms with Crippen molar-refractivity contribution in [1.29, 1.82) is 0 Å². The molecule has 1 aromatic rings. The highest BCUT2D eigenvalue weighted by atomic mass is 19.3. The number of terminal acetylenes is 1.